The van der Waals surface area contributed by atoms with Gasteiger partial charge in [-0.25, -0.2) is 0 Å². The van der Waals surface area contributed by atoms with E-state index in [-0.39, 0.29) is 25.6 Å². The lowest BCUT2D eigenvalue weighted by Gasteiger charge is -2.16. The van der Waals surface area contributed by atoms with Crippen molar-refractivity contribution in [3.8, 4) is 0 Å². The maximum absolute atomic E-state index is 11.4. The summed E-state index contributed by atoms with van der Waals surface area (Å²) in [6, 6.07) is 0. The van der Waals surface area contributed by atoms with Crippen molar-refractivity contribution >= 4 is 8.25 Å². The molecular formula is C9H19O6P. The van der Waals surface area contributed by atoms with Crippen LogP contribution in [0.15, 0.2) is 0 Å². The first-order valence-electron chi connectivity index (χ1n) is 5.34. The van der Waals surface area contributed by atoms with E-state index in [0.717, 1.165) is 0 Å². The molecule has 1 rings (SSSR count). The normalized spacial score (nSPS) is 31.8. The second-order valence-corrected chi connectivity index (χ2v) is 4.59. The molecule has 0 aliphatic carbocycles. The molecule has 1 N–H and O–H groups in total. The first-order valence-corrected chi connectivity index (χ1v) is 6.57. The van der Waals surface area contributed by atoms with Gasteiger partial charge in [0.05, 0.1) is 18.8 Å². The fourth-order valence-corrected chi connectivity index (χ4v) is 2.28. The number of ether oxygens (including phenoxy) is 2. The molecule has 0 radical (unpaired) electrons. The Morgan fingerprint density at radius 3 is 2.94 bits per heavy atom. The topological polar surface area (TPSA) is 74.2 Å². The van der Waals surface area contributed by atoms with Gasteiger partial charge in [0.2, 0.25) is 0 Å². The van der Waals surface area contributed by atoms with E-state index >= 15 is 0 Å². The number of aliphatic hydroxyl groups is 1. The van der Waals surface area contributed by atoms with Gasteiger partial charge < -0.3 is 19.1 Å². The third-order valence-electron chi connectivity index (χ3n) is 2.28. The first kappa shape index (κ1) is 14.1. The lowest BCUT2D eigenvalue weighted by molar-refractivity contribution is -0.0210. The Morgan fingerprint density at radius 1 is 1.56 bits per heavy atom. The second-order valence-electron chi connectivity index (χ2n) is 3.56. The van der Waals surface area contributed by atoms with Crippen LogP contribution >= 0.6 is 8.25 Å². The summed E-state index contributed by atoms with van der Waals surface area (Å²) in [7, 11) is -2.58. The molecule has 1 fully saturated rings. The van der Waals surface area contributed by atoms with Crippen LogP contribution in [0.4, 0.5) is 0 Å². The van der Waals surface area contributed by atoms with Gasteiger partial charge in [-0.3, -0.25) is 9.09 Å². The van der Waals surface area contributed by atoms with Crippen LogP contribution in [0.2, 0.25) is 0 Å². The largest absolute Gasteiger partial charge is 0.394 e. The van der Waals surface area contributed by atoms with Crippen molar-refractivity contribution in [2.45, 2.75) is 38.6 Å². The maximum atomic E-state index is 11.4. The Morgan fingerprint density at radius 2 is 2.31 bits per heavy atom. The zero-order chi connectivity index (χ0) is 12.0. The molecule has 1 aliphatic heterocycles. The lowest BCUT2D eigenvalue weighted by Crippen LogP contribution is -2.26. The van der Waals surface area contributed by atoms with Gasteiger partial charge in [0.1, 0.15) is 6.10 Å². The zero-order valence-corrected chi connectivity index (χ0v) is 10.5. The molecule has 0 amide bonds. The summed E-state index contributed by atoms with van der Waals surface area (Å²) < 4.78 is 31.6. The molecule has 0 spiro atoms. The zero-order valence-electron chi connectivity index (χ0n) is 9.55. The molecule has 16 heavy (non-hydrogen) atoms. The first-order chi connectivity index (χ1) is 7.67. The standard InChI is InChI=1S/C9H19O6P/c1-3-12-6-13-16(11)15-8-4-7(2)14-9(8)5-10/h7-10,16H,3-6H2,1-2H3/t7-,8+,9+/m0/s1. The minimum atomic E-state index is -2.58. The fourth-order valence-electron chi connectivity index (χ4n) is 1.54. The molecule has 0 aromatic carbocycles. The fraction of sp³-hybridized carbons (Fsp3) is 1.00. The highest BCUT2D eigenvalue weighted by Crippen LogP contribution is 2.33. The number of hydrogen-bond donors (Lipinski definition) is 1. The molecule has 96 valence electrons. The van der Waals surface area contributed by atoms with Crippen LogP contribution in [0, 0.1) is 0 Å². The van der Waals surface area contributed by atoms with Gasteiger partial charge in [-0.1, -0.05) is 0 Å². The number of hydrogen-bond acceptors (Lipinski definition) is 6. The SMILES string of the molecule is CCOCO[PH](=O)O[C@@H]1C[C@H](C)O[C@@H]1CO. The van der Waals surface area contributed by atoms with E-state index in [0.29, 0.717) is 13.0 Å². The molecule has 1 heterocycles. The predicted molar refractivity (Wildman–Crippen MR) is 57.5 cm³/mol. The Hall–Kier alpha value is 0.0300. The van der Waals surface area contributed by atoms with Crippen molar-refractivity contribution in [3.05, 3.63) is 0 Å². The van der Waals surface area contributed by atoms with Crippen LogP contribution in [0.5, 0.6) is 0 Å². The smallest absolute Gasteiger partial charge is 0.321 e. The van der Waals surface area contributed by atoms with Crippen molar-refractivity contribution in [1.29, 1.82) is 0 Å². The van der Waals surface area contributed by atoms with E-state index < -0.39 is 14.4 Å². The maximum Gasteiger partial charge on any atom is 0.321 e. The van der Waals surface area contributed by atoms with E-state index in [1.165, 1.54) is 0 Å². The molecule has 1 aliphatic rings. The van der Waals surface area contributed by atoms with Crippen LogP contribution in [0.1, 0.15) is 20.3 Å². The molecule has 4 atom stereocenters. The third-order valence-corrected chi connectivity index (χ3v) is 3.13. The van der Waals surface area contributed by atoms with Gasteiger partial charge in [0, 0.05) is 13.0 Å². The summed E-state index contributed by atoms with van der Waals surface area (Å²) in [4.78, 5) is 0. The van der Waals surface area contributed by atoms with Gasteiger partial charge in [0.15, 0.2) is 6.79 Å². The molecule has 1 saturated heterocycles. The van der Waals surface area contributed by atoms with E-state index in [4.69, 9.17) is 23.6 Å². The summed E-state index contributed by atoms with van der Waals surface area (Å²) >= 11 is 0. The molecular weight excluding hydrogens is 235 g/mol. The summed E-state index contributed by atoms with van der Waals surface area (Å²) in [5.74, 6) is 0. The lowest BCUT2D eigenvalue weighted by atomic mass is 10.1. The number of aliphatic hydroxyl groups excluding tert-OH is 1. The van der Waals surface area contributed by atoms with Crippen molar-refractivity contribution in [2.24, 2.45) is 0 Å². The van der Waals surface area contributed by atoms with E-state index in [1.807, 2.05) is 13.8 Å². The monoisotopic (exact) mass is 254 g/mol. The van der Waals surface area contributed by atoms with E-state index in [9.17, 15) is 4.57 Å². The Labute approximate surface area is 95.8 Å². The van der Waals surface area contributed by atoms with Crippen molar-refractivity contribution in [2.75, 3.05) is 20.0 Å². The van der Waals surface area contributed by atoms with Gasteiger partial charge in [-0.15, -0.1) is 0 Å². The van der Waals surface area contributed by atoms with E-state index in [1.54, 1.807) is 0 Å². The molecule has 7 heteroatoms. The van der Waals surface area contributed by atoms with Gasteiger partial charge >= 0.3 is 8.25 Å². The van der Waals surface area contributed by atoms with Crippen LogP contribution in [-0.4, -0.2) is 43.4 Å². The van der Waals surface area contributed by atoms with Crippen LogP contribution in [0.3, 0.4) is 0 Å². The Kier molecular flexibility index (Phi) is 6.49. The van der Waals surface area contributed by atoms with Crippen LogP contribution < -0.4 is 0 Å². The highest BCUT2D eigenvalue weighted by molar-refractivity contribution is 7.33. The minimum absolute atomic E-state index is 0.00356. The van der Waals surface area contributed by atoms with Gasteiger partial charge in [-0.05, 0) is 13.8 Å². The highest BCUT2D eigenvalue weighted by atomic mass is 31.1. The average Bonchev–Trinajstić information content (AvgIpc) is 2.59. The summed E-state index contributed by atoms with van der Waals surface area (Å²) in [5.41, 5.74) is 0. The van der Waals surface area contributed by atoms with Crippen LogP contribution in [0.25, 0.3) is 0 Å². The third kappa shape index (κ3) is 4.49. The van der Waals surface area contributed by atoms with Crippen LogP contribution in [-0.2, 0) is 23.1 Å². The second kappa shape index (κ2) is 7.37. The molecule has 6 nitrogen and oxygen atoms in total. The molecule has 0 saturated carbocycles. The average molecular weight is 254 g/mol. The highest BCUT2D eigenvalue weighted by Gasteiger charge is 2.34. The molecule has 1 unspecified atom stereocenters. The molecule has 0 aromatic rings. The summed E-state index contributed by atoms with van der Waals surface area (Å²) in [6.07, 6.45) is -0.170. The molecule has 0 bridgehead atoms. The summed E-state index contributed by atoms with van der Waals surface area (Å²) in [6.45, 7) is 4.01. The minimum Gasteiger partial charge on any atom is -0.394 e. The van der Waals surface area contributed by atoms with Gasteiger partial charge in [-0.2, -0.15) is 0 Å². The Balaban J connectivity index is 2.27. The van der Waals surface area contributed by atoms with Crippen molar-refractivity contribution in [1.82, 2.24) is 0 Å². The molecule has 0 aromatic heterocycles. The quantitative estimate of drug-likeness (QED) is 0.414. The van der Waals surface area contributed by atoms with Crippen molar-refractivity contribution in [3.63, 3.8) is 0 Å². The Bertz CT molecular complexity index is 224. The van der Waals surface area contributed by atoms with E-state index in [2.05, 4.69) is 0 Å². The predicted octanol–water partition coefficient (Wildman–Crippen LogP) is 0.942. The summed E-state index contributed by atoms with van der Waals surface area (Å²) in [5, 5.41) is 9.02. The van der Waals surface area contributed by atoms with Crippen molar-refractivity contribution < 1.29 is 28.2 Å². The number of rotatable bonds is 7. The van der Waals surface area contributed by atoms with Gasteiger partial charge in [0.25, 0.3) is 0 Å².